The number of hydrogen-bond donors (Lipinski definition) is 0. The monoisotopic (exact) mass is 418 g/mol. The quantitative estimate of drug-likeness (QED) is 0.587. The molecule has 1 fully saturated rings. The Morgan fingerprint density at radius 2 is 1.66 bits per heavy atom. The number of halogens is 1. The van der Waals surface area contributed by atoms with E-state index >= 15 is 0 Å². The zero-order chi connectivity index (χ0) is 20.1. The first-order valence-corrected chi connectivity index (χ1v) is 10.6. The number of rotatable bonds is 3. The van der Waals surface area contributed by atoms with Crippen molar-refractivity contribution in [1.29, 1.82) is 5.26 Å². The molecule has 6 heteroatoms. The summed E-state index contributed by atoms with van der Waals surface area (Å²) < 4.78 is 0. The molecule has 0 aliphatic carbocycles. The largest absolute Gasteiger partial charge is 0.346 e. The van der Waals surface area contributed by atoms with Crippen molar-refractivity contribution in [2.45, 2.75) is 0 Å². The van der Waals surface area contributed by atoms with Crippen LogP contribution in [0.5, 0.6) is 0 Å². The van der Waals surface area contributed by atoms with Crippen LogP contribution in [0.4, 0.5) is 5.13 Å². The van der Waals surface area contributed by atoms with Crippen molar-refractivity contribution in [3.05, 3.63) is 70.1 Å². The van der Waals surface area contributed by atoms with Crippen molar-refractivity contribution in [2.24, 2.45) is 0 Å². The Bertz CT molecular complexity index is 1060. The lowest BCUT2D eigenvalue weighted by Crippen LogP contribution is -2.46. The molecule has 0 unspecified atom stereocenters. The van der Waals surface area contributed by atoms with Crippen LogP contribution in [-0.4, -0.2) is 42.6 Å². The highest BCUT2D eigenvalue weighted by Gasteiger charge is 2.19. The van der Waals surface area contributed by atoms with E-state index in [0.717, 1.165) is 59.7 Å². The summed E-state index contributed by atoms with van der Waals surface area (Å²) in [6, 6.07) is 17.3. The highest BCUT2D eigenvalue weighted by Crippen LogP contribution is 2.28. The maximum atomic E-state index is 8.84. The van der Waals surface area contributed by atoms with Crippen LogP contribution in [0.1, 0.15) is 11.1 Å². The van der Waals surface area contributed by atoms with Crippen molar-refractivity contribution in [2.75, 3.05) is 37.6 Å². The molecular formula is C23H19ClN4S. The molecule has 3 aromatic rings. The molecule has 29 heavy (non-hydrogen) atoms. The molecule has 1 aliphatic heterocycles. The average molecular weight is 419 g/mol. The van der Waals surface area contributed by atoms with E-state index in [9.17, 15) is 0 Å². The van der Waals surface area contributed by atoms with Gasteiger partial charge in [0.1, 0.15) is 0 Å². The van der Waals surface area contributed by atoms with Crippen LogP contribution in [0.25, 0.3) is 11.3 Å². The molecule has 4 rings (SSSR count). The lowest BCUT2D eigenvalue weighted by molar-refractivity contribution is 0.288. The van der Waals surface area contributed by atoms with Gasteiger partial charge in [0.15, 0.2) is 5.13 Å². The van der Waals surface area contributed by atoms with Gasteiger partial charge in [-0.3, -0.25) is 4.90 Å². The Hall–Kier alpha value is -2.83. The second-order valence-electron chi connectivity index (χ2n) is 6.78. The highest BCUT2D eigenvalue weighted by atomic mass is 35.5. The Balaban J connectivity index is 1.30. The fourth-order valence-electron chi connectivity index (χ4n) is 3.14. The molecule has 0 atom stereocenters. The summed E-state index contributed by atoms with van der Waals surface area (Å²) >= 11 is 7.66. The van der Waals surface area contributed by atoms with E-state index in [1.807, 2.05) is 36.4 Å². The van der Waals surface area contributed by atoms with E-state index in [4.69, 9.17) is 21.8 Å². The molecule has 0 saturated carbocycles. The fourth-order valence-corrected chi connectivity index (χ4v) is 4.16. The zero-order valence-corrected chi connectivity index (χ0v) is 17.4. The van der Waals surface area contributed by atoms with Gasteiger partial charge in [0, 0.05) is 47.7 Å². The molecule has 0 bridgehead atoms. The molecule has 2 heterocycles. The first kappa shape index (κ1) is 19.5. The first-order valence-electron chi connectivity index (χ1n) is 9.39. The van der Waals surface area contributed by atoms with E-state index in [2.05, 4.69) is 33.1 Å². The van der Waals surface area contributed by atoms with Gasteiger partial charge in [-0.1, -0.05) is 35.6 Å². The summed E-state index contributed by atoms with van der Waals surface area (Å²) in [6.07, 6.45) is 0. The van der Waals surface area contributed by atoms with E-state index in [0.29, 0.717) is 5.56 Å². The van der Waals surface area contributed by atoms with Gasteiger partial charge in [0.25, 0.3) is 0 Å². The van der Waals surface area contributed by atoms with Gasteiger partial charge in [-0.05, 0) is 36.4 Å². The minimum absolute atomic E-state index is 0.660. The second-order valence-corrected chi connectivity index (χ2v) is 8.05. The maximum Gasteiger partial charge on any atom is 0.185 e. The molecule has 2 aromatic carbocycles. The molecular weight excluding hydrogens is 400 g/mol. The van der Waals surface area contributed by atoms with Crippen LogP contribution in [-0.2, 0) is 0 Å². The predicted octanol–water partition coefficient (Wildman–Crippen LogP) is 4.51. The number of piperazine rings is 1. The van der Waals surface area contributed by atoms with Crippen molar-refractivity contribution in [3.63, 3.8) is 0 Å². The lowest BCUT2D eigenvalue weighted by Gasteiger charge is -2.33. The molecule has 0 amide bonds. The van der Waals surface area contributed by atoms with E-state index < -0.39 is 0 Å². The zero-order valence-electron chi connectivity index (χ0n) is 15.8. The molecule has 1 aromatic heterocycles. The molecule has 144 valence electrons. The Labute approximate surface area is 180 Å². The number of nitrogens with zero attached hydrogens (tertiary/aromatic N) is 4. The van der Waals surface area contributed by atoms with E-state index in [1.165, 1.54) is 0 Å². The summed E-state index contributed by atoms with van der Waals surface area (Å²) in [5, 5.41) is 12.8. The number of benzene rings is 2. The van der Waals surface area contributed by atoms with Gasteiger partial charge < -0.3 is 4.90 Å². The number of nitriles is 1. The topological polar surface area (TPSA) is 43.2 Å². The van der Waals surface area contributed by atoms with Crippen LogP contribution in [0, 0.1) is 23.2 Å². The minimum atomic E-state index is 0.660. The minimum Gasteiger partial charge on any atom is -0.346 e. The molecule has 1 saturated heterocycles. The van der Waals surface area contributed by atoms with Gasteiger partial charge in [-0.2, -0.15) is 5.26 Å². The molecule has 4 nitrogen and oxygen atoms in total. The van der Waals surface area contributed by atoms with Crippen LogP contribution in [0.3, 0.4) is 0 Å². The number of hydrogen-bond acceptors (Lipinski definition) is 5. The SMILES string of the molecule is N#Cc1ccc(C#CCN2CCN(c3nc(-c4ccc(Cl)cc4)cs3)CC2)cc1. The molecule has 0 N–H and O–H groups in total. The van der Waals surface area contributed by atoms with Crippen LogP contribution in [0.15, 0.2) is 53.9 Å². The Kier molecular flexibility index (Phi) is 6.12. The highest BCUT2D eigenvalue weighted by molar-refractivity contribution is 7.14. The normalized spacial score (nSPS) is 14.1. The Morgan fingerprint density at radius 3 is 2.34 bits per heavy atom. The Morgan fingerprint density at radius 1 is 0.966 bits per heavy atom. The lowest BCUT2D eigenvalue weighted by atomic mass is 10.1. The van der Waals surface area contributed by atoms with Crippen LogP contribution < -0.4 is 4.90 Å². The predicted molar refractivity (Wildman–Crippen MR) is 119 cm³/mol. The number of thiazole rings is 1. The van der Waals surface area contributed by atoms with E-state index in [-0.39, 0.29) is 0 Å². The first-order chi connectivity index (χ1) is 14.2. The van der Waals surface area contributed by atoms with Crippen LogP contribution >= 0.6 is 22.9 Å². The second kappa shape index (κ2) is 9.11. The third-order valence-corrected chi connectivity index (χ3v) is 5.98. The summed E-state index contributed by atoms with van der Waals surface area (Å²) in [7, 11) is 0. The van der Waals surface area contributed by atoms with Gasteiger partial charge in [-0.15, -0.1) is 11.3 Å². The van der Waals surface area contributed by atoms with Crippen molar-refractivity contribution < 1.29 is 0 Å². The molecule has 1 aliphatic rings. The van der Waals surface area contributed by atoms with Crippen LogP contribution in [0.2, 0.25) is 5.02 Å². The summed E-state index contributed by atoms with van der Waals surface area (Å²) in [5.74, 6) is 6.42. The third-order valence-electron chi connectivity index (χ3n) is 4.82. The smallest absolute Gasteiger partial charge is 0.185 e. The summed E-state index contributed by atoms with van der Waals surface area (Å²) in [5.41, 5.74) is 3.69. The van der Waals surface area contributed by atoms with Gasteiger partial charge in [0.2, 0.25) is 0 Å². The van der Waals surface area contributed by atoms with E-state index in [1.54, 1.807) is 23.5 Å². The number of anilines is 1. The number of aromatic nitrogens is 1. The molecule has 0 radical (unpaired) electrons. The van der Waals surface area contributed by atoms with Crippen molar-refractivity contribution in [3.8, 4) is 29.2 Å². The maximum absolute atomic E-state index is 8.84. The standard InChI is InChI=1S/C23H19ClN4S/c24-21-9-7-20(8-10-21)22-17-29-23(26-22)28-14-12-27(13-15-28)11-1-2-18-3-5-19(16-25)6-4-18/h3-10,17H,11-15H2. The van der Waals surface area contributed by atoms with Gasteiger partial charge in [-0.25, -0.2) is 4.98 Å². The van der Waals surface area contributed by atoms with Gasteiger partial charge in [0.05, 0.1) is 23.9 Å². The average Bonchev–Trinajstić information content (AvgIpc) is 3.25. The van der Waals surface area contributed by atoms with Crippen molar-refractivity contribution in [1.82, 2.24) is 9.88 Å². The summed E-state index contributed by atoms with van der Waals surface area (Å²) in [6.45, 7) is 4.59. The third kappa shape index (κ3) is 4.96. The summed E-state index contributed by atoms with van der Waals surface area (Å²) in [4.78, 5) is 9.51. The van der Waals surface area contributed by atoms with Crippen molar-refractivity contribution >= 4 is 28.1 Å². The van der Waals surface area contributed by atoms with Gasteiger partial charge >= 0.3 is 0 Å². The molecule has 0 spiro atoms. The fraction of sp³-hybridized carbons (Fsp3) is 0.217.